The van der Waals surface area contributed by atoms with E-state index in [4.69, 9.17) is 0 Å². The van der Waals surface area contributed by atoms with E-state index in [0.717, 1.165) is 19.3 Å². The summed E-state index contributed by atoms with van der Waals surface area (Å²) in [6, 6.07) is 8.84. The number of fused-ring (bicyclic) bond motifs is 3. The maximum absolute atomic E-state index is 10.6. The summed E-state index contributed by atoms with van der Waals surface area (Å²) in [5.41, 5.74) is 3.84. The van der Waals surface area contributed by atoms with E-state index >= 15 is 0 Å². The molecule has 0 saturated heterocycles. The number of aromatic nitrogens is 2. The smallest absolute Gasteiger partial charge is 0.0956 e. The van der Waals surface area contributed by atoms with Gasteiger partial charge in [-0.25, -0.2) is 4.98 Å². The zero-order valence-corrected chi connectivity index (χ0v) is 11.6. The molecule has 1 aromatic carbocycles. The monoisotopic (exact) mass is 268 g/mol. The van der Waals surface area contributed by atoms with Gasteiger partial charge >= 0.3 is 0 Å². The summed E-state index contributed by atoms with van der Waals surface area (Å²) >= 11 is 0. The molecule has 1 aliphatic carbocycles. The number of hydrogen-bond donors (Lipinski definition) is 1. The number of rotatable bonds is 1. The number of aliphatic hydroxyl groups is 1. The topological polar surface area (TPSA) is 38.1 Å². The van der Waals surface area contributed by atoms with Gasteiger partial charge in [-0.05, 0) is 18.4 Å². The van der Waals surface area contributed by atoms with Gasteiger partial charge in [-0.15, -0.1) is 0 Å². The molecule has 104 valence electrons. The van der Waals surface area contributed by atoms with Crippen molar-refractivity contribution in [1.82, 2.24) is 9.55 Å². The fourth-order valence-corrected chi connectivity index (χ4v) is 3.99. The van der Waals surface area contributed by atoms with Crippen LogP contribution in [0.1, 0.15) is 43.7 Å². The number of benzene rings is 1. The van der Waals surface area contributed by atoms with Crippen molar-refractivity contribution in [3.8, 4) is 11.3 Å². The van der Waals surface area contributed by atoms with Gasteiger partial charge < -0.3 is 9.67 Å². The Balaban J connectivity index is 1.81. The van der Waals surface area contributed by atoms with Gasteiger partial charge in [0.1, 0.15) is 0 Å². The van der Waals surface area contributed by atoms with Crippen LogP contribution in [0.2, 0.25) is 0 Å². The molecule has 0 amide bonds. The molecule has 1 fully saturated rings. The Kier molecular flexibility index (Phi) is 2.88. The molecule has 0 bridgehead atoms. The maximum atomic E-state index is 10.6. The molecule has 0 spiro atoms. The second-order valence-electron chi connectivity index (χ2n) is 6.09. The Bertz CT molecular complexity index is 619. The molecule has 2 aromatic rings. The highest BCUT2D eigenvalue weighted by Gasteiger charge is 2.37. The van der Waals surface area contributed by atoms with Gasteiger partial charge in [-0.1, -0.05) is 43.5 Å². The largest absolute Gasteiger partial charge is 0.393 e. The van der Waals surface area contributed by atoms with E-state index < -0.39 is 0 Å². The first-order valence-corrected chi connectivity index (χ1v) is 7.65. The van der Waals surface area contributed by atoms with Gasteiger partial charge in [0.2, 0.25) is 0 Å². The molecule has 0 radical (unpaired) electrons. The highest BCUT2D eigenvalue weighted by Crippen LogP contribution is 2.46. The van der Waals surface area contributed by atoms with Gasteiger partial charge in [-0.2, -0.15) is 0 Å². The van der Waals surface area contributed by atoms with E-state index in [1.807, 2.05) is 12.5 Å². The zero-order chi connectivity index (χ0) is 13.5. The zero-order valence-electron chi connectivity index (χ0n) is 11.6. The van der Waals surface area contributed by atoms with E-state index in [2.05, 4.69) is 33.8 Å². The average molecular weight is 268 g/mol. The third kappa shape index (κ3) is 1.73. The summed E-state index contributed by atoms with van der Waals surface area (Å²) in [6.45, 7) is 0. The molecule has 3 atom stereocenters. The highest BCUT2D eigenvalue weighted by molar-refractivity contribution is 5.69. The van der Waals surface area contributed by atoms with Crippen molar-refractivity contribution in [2.45, 2.75) is 44.2 Å². The molecular weight excluding hydrogens is 248 g/mol. The Morgan fingerprint density at radius 1 is 1.10 bits per heavy atom. The third-order valence-electron chi connectivity index (χ3n) is 4.96. The standard InChI is InChI=1S/C17H20N2O/c20-16-9-3-1-2-8-14(16)17-13-7-5-4-6-12(13)15-10-18-11-19(15)17/h4-7,10-11,14,16-17,20H,1-3,8-9H2/t14-,16-,17+/m1/s1. The summed E-state index contributed by atoms with van der Waals surface area (Å²) in [7, 11) is 0. The Labute approximate surface area is 119 Å². The minimum atomic E-state index is -0.191. The molecule has 0 unspecified atom stereocenters. The lowest BCUT2D eigenvalue weighted by Crippen LogP contribution is -2.28. The SMILES string of the molecule is O[C@@H]1CCCCC[C@H]1[C@@H]1c2ccccc2-c2cncn21. The molecule has 3 nitrogen and oxygen atoms in total. The molecule has 3 heteroatoms. The van der Waals surface area contributed by atoms with Crippen LogP contribution < -0.4 is 0 Å². The van der Waals surface area contributed by atoms with E-state index in [-0.39, 0.29) is 12.1 Å². The van der Waals surface area contributed by atoms with Crippen molar-refractivity contribution in [3.63, 3.8) is 0 Å². The molecule has 1 aromatic heterocycles. The second kappa shape index (κ2) is 4.74. The second-order valence-corrected chi connectivity index (χ2v) is 6.09. The van der Waals surface area contributed by atoms with Crippen molar-refractivity contribution < 1.29 is 5.11 Å². The van der Waals surface area contributed by atoms with Gasteiger partial charge in [0.15, 0.2) is 0 Å². The van der Waals surface area contributed by atoms with Crippen LogP contribution in [-0.4, -0.2) is 20.8 Å². The van der Waals surface area contributed by atoms with Crippen molar-refractivity contribution >= 4 is 0 Å². The number of nitrogens with zero attached hydrogens (tertiary/aromatic N) is 2. The van der Waals surface area contributed by atoms with Gasteiger partial charge in [0.05, 0.1) is 30.4 Å². The lowest BCUT2D eigenvalue weighted by Gasteiger charge is -2.28. The predicted molar refractivity (Wildman–Crippen MR) is 78.4 cm³/mol. The van der Waals surface area contributed by atoms with Crippen LogP contribution in [0.3, 0.4) is 0 Å². The van der Waals surface area contributed by atoms with Crippen LogP contribution in [0.4, 0.5) is 0 Å². The molecule has 4 rings (SSSR count). The number of hydrogen-bond acceptors (Lipinski definition) is 2. The van der Waals surface area contributed by atoms with Crippen molar-refractivity contribution in [2.24, 2.45) is 5.92 Å². The Hall–Kier alpha value is -1.61. The molecule has 1 saturated carbocycles. The highest BCUT2D eigenvalue weighted by atomic mass is 16.3. The molecular formula is C17H20N2O. The van der Waals surface area contributed by atoms with Crippen molar-refractivity contribution in [2.75, 3.05) is 0 Å². The van der Waals surface area contributed by atoms with Crippen molar-refractivity contribution in [1.29, 1.82) is 0 Å². The van der Waals surface area contributed by atoms with Crippen LogP contribution in [-0.2, 0) is 0 Å². The van der Waals surface area contributed by atoms with Crippen LogP contribution in [0.15, 0.2) is 36.8 Å². The van der Waals surface area contributed by atoms with Crippen LogP contribution in [0, 0.1) is 5.92 Å². The normalized spacial score (nSPS) is 28.8. The number of imidazole rings is 1. The molecule has 20 heavy (non-hydrogen) atoms. The van der Waals surface area contributed by atoms with Gasteiger partial charge in [-0.3, -0.25) is 0 Å². The first-order valence-electron chi connectivity index (χ1n) is 7.65. The number of aliphatic hydroxyl groups excluding tert-OH is 1. The van der Waals surface area contributed by atoms with Crippen LogP contribution in [0.5, 0.6) is 0 Å². The Morgan fingerprint density at radius 2 is 1.95 bits per heavy atom. The lowest BCUT2D eigenvalue weighted by atomic mass is 9.85. The minimum absolute atomic E-state index is 0.191. The van der Waals surface area contributed by atoms with Crippen LogP contribution >= 0.6 is 0 Å². The first-order chi connectivity index (χ1) is 9.86. The summed E-state index contributed by atoms with van der Waals surface area (Å²) in [6.07, 6.45) is 9.36. The maximum Gasteiger partial charge on any atom is 0.0956 e. The quantitative estimate of drug-likeness (QED) is 0.805. The van der Waals surface area contributed by atoms with Crippen LogP contribution in [0.25, 0.3) is 11.3 Å². The first kappa shape index (κ1) is 12.2. The summed E-state index contributed by atoms with van der Waals surface area (Å²) < 4.78 is 2.27. The van der Waals surface area contributed by atoms with E-state index in [0.29, 0.717) is 5.92 Å². The summed E-state index contributed by atoms with van der Waals surface area (Å²) in [5.74, 6) is 0.314. The molecule has 2 heterocycles. The van der Waals surface area contributed by atoms with Gasteiger partial charge in [0, 0.05) is 11.5 Å². The van der Waals surface area contributed by atoms with Gasteiger partial charge in [0.25, 0.3) is 0 Å². The molecule has 1 N–H and O–H groups in total. The summed E-state index contributed by atoms with van der Waals surface area (Å²) in [5, 5.41) is 10.6. The predicted octanol–water partition coefficient (Wildman–Crippen LogP) is 3.39. The summed E-state index contributed by atoms with van der Waals surface area (Å²) in [4.78, 5) is 4.32. The van der Waals surface area contributed by atoms with E-state index in [9.17, 15) is 5.11 Å². The average Bonchev–Trinajstić information content (AvgIpc) is 2.97. The van der Waals surface area contributed by atoms with E-state index in [1.165, 1.54) is 29.7 Å². The Morgan fingerprint density at radius 3 is 2.90 bits per heavy atom. The minimum Gasteiger partial charge on any atom is -0.393 e. The fourth-order valence-electron chi connectivity index (χ4n) is 3.99. The fraction of sp³-hybridized carbons (Fsp3) is 0.471. The third-order valence-corrected chi connectivity index (χ3v) is 4.96. The lowest BCUT2D eigenvalue weighted by molar-refractivity contribution is 0.0802. The van der Waals surface area contributed by atoms with Crippen molar-refractivity contribution in [3.05, 3.63) is 42.4 Å². The van der Waals surface area contributed by atoms with E-state index in [1.54, 1.807) is 0 Å². The molecule has 1 aliphatic heterocycles. The molecule has 2 aliphatic rings.